The number of ether oxygens (including phenoxy) is 1. The van der Waals surface area contributed by atoms with E-state index in [0.29, 0.717) is 12.5 Å². The molecule has 5 nitrogen and oxygen atoms in total. The van der Waals surface area contributed by atoms with Gasteiger partial charge in [0, 0.05) is 30.3 Å². The van der Waals surface area contributed by atoms with E-state index in [0.717, 1.165) is 54.9 Å². The number of alkyl halides is 1. The van der Waals surface area contributed by atoms with Gasteiger partial charge in [0.15, 0.2) is 9.84 Å². The highest BCUT2D eigenvalue weighted by Gasteiger charge is 2.34. The lowest BCUT2D eigenvalue weighted by Gasteiger charge is -2.36. The molecule has 2 aromatic rings. The Balaban J connectivity index is 1.39. The molecule has 1 unspecified atom stereocenters. The van der Waals surface area contributed by atoms with E-state index in [9.17, 15) is 12.8 Å². The first-order chi connectivity index (χ1) is 14.6. The van der Waals surface area contributed by atoms with Crippen LogP contribution < -0.4 is 4.74 Å². The molecule has 31 heavy (non-hydrogen) atoms. The molecule has 3 heterocycles. The number of aromatic nitrogens is 1. The number of halogens is 1. The second-order valence-corrected chi connectivity index (χ2v) is 11.8. The summed E-state index contributed by atoms with van der Waals surface area (Å²) in [6, 6.07) is 9.62. The van der Waals surface area contributed by atoms with Crippen LogP contribution in [0.2, 0.25) is 0 Å². The number of nitrogens with zero attached hydrogens (tertiary/aromatic N) is 2. The smallest absolute Gasteiger partial charge is 0.151 e. The second kappa shape index (κ2) is 8.51. The van der Waals surface area contributed by atoms with Crippen molar-refractivity contribution in [3.63, 3.8) is 0 Å². The Labute approximate surface area is 184 Å². The Hall–Kier alpha value is -1.99. The van der Waals surface area contributed by atoms with Crippen LogP contribution in [0.4, 0.5) is 4.39 Å². The highest BCUT2D eigenvalue weighted by Crippen LogP contribution is 2.36. The SMILES string of the molecule is CC(C)(F)CN1CCC(C2Cc3cc(-c4ccc(CS(C)(=O)=O)cc4)ncc3O2)CC1. The minimum atomic E-state index is -3.05. The quantitative estimate of drug-likeness (QED) is 0.670. The standard InChI is InChI=1S/C24H31FN2O3S/c1-24(2,25)16-27-10-8-19(9-11-27)22-13-20-12-21(26-14-23(20)30-22)18-6-4-17(5-7-18)15-31(3,28)29/h4-7,12,14,19,22H,8-11,13,15-16H2,1-3H3. The molecule has 1 aromatic heterocycles. The maximum absolute atomic E-state index is 13.9. The van der Waals surface area contributed by atoms with Crippen LogP contribution in [0.5, 0.6) is 5.75 Å². The van der Waals surface area contributed by atoms with Gasteiger partial charge in [0.05, 0.1) is 17.6 Å². The average Bonchev–Trinajstić information content (AvgIpc) is 3.10. The Morgan fingerprint density at radius 2 is 1.87 bits per heavy atom. The molecule has 1 aromatic carbocycles. The minimum absolute atomic E-state index is 0.0437. The van der Waals surface area contributed by atoms with E-state index in [1.165, 1.54) is 11.8 Å². The molecule has 2 aliphatic heterocycles. The molecule has 168 valence electrons. The van der Waals surface area contributed by atoms with Crippen LogP contribution in [0.25, 0.3) is 11.3 Å². The van der Waals surface area contributed by atoms with Gasteiger partial charge in [-0.3, -0.25) is 4.98 Å². The predicted octanol–water partition coefficient (Wildman–Crippen LogP) is 4.06. The highest BCUT2D eigenvalue weighted by molar-refractivity contribution is 7.89. The number of piperidine rings is 1. The van der Waals surface area contributed by atoms with Gasteiger partial charge in [0.1, 0.15) is 17.5 Å². The van der Waals surface area contributed by atoms with Crippen molar-refractivity contribution < 1.29 is 17.5 Å². The summed E-state index contributed by atoms with van der Waals surface area (Å²) in [4.78, 5) is 6.78. The van der Waals surface area contributed by atoms with Crippen molar-refractivity contribution in [1.29, 1.82) is 0 Å². The first-order valence-corrected chi connectivity index (χ1v) is 13.0. The zero-order valence-corrected chi connectivity index (χ0v) is 19.3. The van der Waals surface area contributed by atoms with Crippen LogP contribution >= 0.6 is 0 Å². The van der Waals surface area contributed by atoms with Gasteiger partial charge in [-0.15, -0.1) is 0 Å². The lowest BCUT2D eigenvalue weighted by molar-refractivity contribution is 0.0606. The largest absolute Gasteiger partial charge is 0.488 e. The average molecular weight is 447 g/mol. The molecule has 1 saturated heterocycles. The summed E-state index contributed by atoms with van der Waals surface area (Å²) < 4.78 is 43.1. The van der Waals surface area contributed by atoms with E-state index in [-0.39, 0.29) is 11.9 Å². The number of sulfone groups is 1. The number of likely N-dealkylation sites (tertiary alicyclic amines) is 1. The molecular weight excluding hydrogens is 415 g/mol. The van der Waals surface area contributed by atoms with Crippen LogP contribution in [0.1, 0.15) is 37.8 Å². The normalized spacial score (nSPS) is 20.5. The van der Waals surface area contributed by atoms with Crippen molar-refractivity contribution in [2.45, 2.75) is 50.6 Å². The van der Waals surface area contributed by atoms with Crippen LogP contribution in [0.15, 0.2) is 36.5 Å². The van der Waals surface area contributed by atoms with Gasteiger partial charge in [-0.05, 0) is 57.3 Å². The maximum Gasteiger partial charge on any atom is 0.151 e. The molecule has 4 rings (SSSR count). The molecule has 0 spiro atoms. The minimum Gasteiger partial charge on any atom is -0.488 e. The number of rotatable bonds is 6. The summed E-state index contributed by atoms with van der Waals surface area (Å²) in [5, 5.41) is 0. The van der Waals surface area contributed by atoms with E-state index >= 15 is 0 Å². The fraction of sp³-hybridized carbons (Fsp3) is 0.542. The summed E-state index contributed by atoms with van der Waals surface area (Å²) in [6.45, 7) is 5.59. The van der Waals surface area contributed by atoms with Crippen molar-refractivity contribution in [3.05, 3.63) is 47.7 Å². The zero-order valence-electron chi connectivity index (χ0n) is 18.5. The molecule has 1 fully saturated rings. The fourth-order valence-electron chi connectivity index (χ4n) is 4.68. The molecule has 2 aliphatic rings. The van der Waals surface area contributed by atoms with Crippen molar-refractivity contribution in [2.24, 2.45) is 5.92 Å². The molecule has 1 atom stereocenters. The monoisotopic (exact) mass is 446 g/mol. The van der Waals surface area contributed by atoms with E-state index < -0.39 is 15.5 Å². The third kappa shape index (κ3) is 5.83. The van der Waals surface area contributed by atoms with E-state index in [2.05, 4.69) is 16.0 Å². The first kappa shape index (κ1) is 22.2. The van der Waals surface area contributed by atoms with Crippen LogP contribution in [-0.2, 0) is 22.0 Å². The lowest BCUT2D eigenvalue weighted by atomic mass is 9.88. The van der Waals surface area contributed by atoms with Gasteiger partial charge in [-0.1, -0.05) is 24.3 Å². The molecule has 7 heteroatoms. The van der Waals surface area contributed by atoms with Crippen molar-refractivity contribution in [1.82, 2.24) is 9.88 Å². The van der Waals surface area contributed by atoms with Crippen LogP contribution in [0, 0.1) is 5.92 Å². The zero-order chi connectivity index (χ0) is 22.2. The molecule has 0 saturated carbocycles. The third-order valence-corrected chi connectivity index (χ3v) is 6.94. The van der Waals surface area contributed by atoms with E-state index in [1.807, 2.05) is 24.3 Å². The Morgan fingerprint density at radius 3 is 2.48 bits per heavy atom. The lowest BCUT2D eigenvalue weighted by Crippen LogP contribution is -2.43. The number of hydrogen-bond acceptors (Lipinski definition) is 5. The number of fused-ring (bicyclic) bond motifs is 1. The highest BCUT2D eigenvalue weighted by atomic mass is 32.2. The first-order valence-electron chi connectivity index (χ1n) is 10.9. The van der Waals surface area contributed by atoms with Crippen molar-refractivity contribution in [2.75, 3.05) is 25.9 Å². The molecule has 0 radical (unpaired) electrons. The molecule has 0 bridgehead atoms. The van der Waals surface area contributed by atoms with Gasteiger partial charge >= 0.3 is 0 Å². The van der Waals surface area contributed by atoms with Crippen molar-refractivity contribution in [3.8, 4) is 17.0 Å². The number of pyridine rings is 1. The van der Waals surface area contributed by atoms with E-state index in [1.54, 1.807) is 20.0 Å². The summed E-state index contributed by atoms with van der Waals surface area (Å²) in [5.41, 5.74) is 2.62. The Kier molecular flexibility index (Phi) is 6.10. The van der Waals surface area contributed by atoms with Gasteiger partial charge in [-0.25, -0.2) is 12.8 Å². The maximum atomic E-state index is 13.9. The summed E-state index contributed by atoms with van der Waals surface area (Å²) in [5.74, 6) is 1.38. The van der Waals surface area contributed by atoms with Gasteiger partial charge in [0.25, 0.3) is 0 Å². The second-order valence-electron chi connectivity index (χ2n) is 9.64. The number of hydrogen-bond donors (Lipinski definition) is 0. The molecule has 0 amide bonds. The summed E-state index contributed by atoms with van der Waals surface area (Å²) >= 11 is 0. The number of benzene rings is 1. The molecule has 0 N–H and O–H groups in total. The van der Waals surface area contributed by atoms with Crippen LogP contribution in [-0.4, -0.2) is 56.0 Å². The predicted molar refractivity (Wildman–Crippen MR) is 121 cm³/mol. The van der Waals surface area contributed by atoms with Crippen LogP contribution in [0.3, 0.4) is 0 Å². The Morgan fingerprint density at radius 1 is 1.19 bits per heavy atom. The molecule has 0 aliphatic carbocycles. The fourth-order valence-corrected chi connectivity index (χ4v) is 5.48. The summed E-state index contributed by atoms with van der Waals surface area (Å²) in [6.07, 6.45) is 6.12. The van der Waals surface area contributed by atoms with Crippen molar-refractivity contribution >= 4 is 9.84 Å². The summed E-state index contributed by atoms with van der Waals surface area (Å²) in [7, 11) is -3.05. The van der Waals surface area contributed by atoms with Gasteiger partial charge < -0.3 is 9.64 Å². The third-order valence-electron chi connectivity index (χ3n) is 6.08. The Bertz CT molecular complexity index is 1020. The topological polar surface area (TPSA) is 59.5 Å². The van der Waals surface area contributed by atoms with Gasteiger partial charge in [0.2, 0.25) is 0 Å². The van der Waals surface area contributed by atoms with Gasteiger partial charge in [-0.2, -0.15) is 0 Å². The molecular formula is C24H31FN2O3S. The van der Waals surface area contributed by atoms with E-state index in [4.69, 9.17) is 4.74 Å².